The zero-order chi connectivity index (χ0) is 14.4. The van der Waals surface area contributed by atoms with Gasteiger partial charge in [0.25, 0.3) is 5.69 Å². The number of nitro benzene ring substituents is 1. The number of ether oxygens (including phenoxy) is 1. The lowest BCUT2D eigenvalue weighted by Crippen LogP contribution is -2.14. The average molecular weight is 348 g/mol. The van der Waals surface area contributed by atoms with Crippen molar-refractivity contribution in [3.8, 4) is 0 Å². The molecule has 0 aliphatic heterocycles. The van der Waals surface area contributed by atoms with E-state index in [1.54, 1.807) is 13.0 Å². The Morgan fingerprint density at radius 3 is 2.84 bits per heavy atom. The van der Waals surface area contributed by atoms with Crippen LogP contribution in [0.4, 0.5) is 5.69 Å². The molecule has 5 nitrogen and oxygen atoms in total. The van der Waals surface area contributed by atoms with Gasteiger partial charge in [-0.1, -0.05) is 19.1 Å². The van der Waals surface area contributed by atoms with Crippen molar-refractivity contribution in [3.05, 3.63) is 38.3 Å². The fraction of sp³-hybridized carbons (Fsp3) is 0.417. The number of benzene rings is 1. The van der Waals surface area contributed by atoms with Crippen LogP contribution in [0.3, 0.4) is 0 Å². The fourth-order valence-corrected chi connectivity index (χ4v) is 3.24. The van der Waals surface area contributed by atoms with Crippen LogP contribution in [0.15, 0.2) is 22.7 Å². The van der Waals surface area contributed by atoms with Gasteiger partial charge in [0.2, 0.25) is 0 Å². The molecule has 0 saturated heterocycles. The molecule has 0 bridgehead atoms. The molecule has 1 aromatic carbocycles. The molecule has 0 aromatic heterocycles. The summed E-state index contributed by atoms with van der Waals surface area (Å²) in [5.41, 5.74) is 0.899. The molecule has 1 unspecified atom stereocenters. The Bertz CT molecular complexity index is 481. The fourth-order valence-electron chi connectivity index (χ4n) is 1.43. The van der Waals surface area contributed by atoms with Gasteiger partial charge < -0.3 is 4.74 Å². The van der Waals surface area contributed by atoms with Crippen molar-refractivity contribution in [3.63, 3.8) is 0 Å². The molecule has 1 aromatic rings. The first-order chi connectivity index (χ1) is 8.97. The number of carbonyl (C=O) groups is 1. The molecular weight excluding hydrogens is 334 g/mol. The molecule has 0 saturated carbocycles. The second-order valence-corrected chi connectivity index (χ2v) is 5.77. The van der Waals surface area contributed by atoms with Crippen LogP contribution in [0.5, 0.6) is 0 Å². The van der Waals surface area contributed by atoms with Gasteiger partial charge in [-0.05, 0) is 21.5 Å². The summed E-state index contributed by atoms with van der Waals surface area (Å²) in [4.78, 5) is 21.6. The molecule has 7 heteroatoms. The van der Waals surface area contributed by atoms with Crippen LogP contribution in [0.2, 0.25) is 0 Å². The maximum atomic E-state index is 11.2. The zero-order valence-corrected chi connectivity index (χ0v) is 13.0. The largest absolute Gasteiger partial charge is 0.469 e. The molecule has 1 atom stereocenters. The maximum absolute atomic E-state index is 11.2. The number of carbonyl (C=O) groups excluding carboxylic acids is 1. The van der Waals surface area contributed by atoms with Crippen molar-refractivity contribution < 1.29 is 14.5 Å². The predicted molar refractivity (Wildman–Crippen MR) is 78.1 cm³/mol. The van der Waals surface area contributed by atoms with Crippen LogP contribution >= 0.6 is 27.7 Å². The highest BCUT2D eigenvalue weighted by Gasteiger charge is 2.16. The van der Waals surface area contributed by atoms with Gasteiger partial charge in [0, 0.05) is 17.6 Å². The predicted octanol–water partition coefficient (Wildman–Crippen LogP) is 3.40. The van der Waals surface area contributed by atoms with E-state index in [-0.39, 0.29) is 17.6 Å². The molecule has 0 fully saturated rings. The summed E-state index contributed by atoms with van der Waals surface area (Å²) < 4.78 is 5.14. The highest BCUT2D eigenvalue weighted by atomic mass is 79.9. The van der Waals surface area contributed by atoms with Gasteiger partial charge in [-0.15, -0.1) is 0 Å². The number of esters is 1. The number of nitro groups is 1. The number of methoxy groups -OCH3 is 1. The Morgan fingerprint density at radius 1 is 1.58 bits per heavy atom. The Hall–Kier alpha value is -1.08. The highest BCUT2D eigenvalue weighted by molar-refractivity contribution is 9.10. The summed E-state index contributed by atoms with van der Waals surface area (Å²) in [5.74, 6) is 0.781. The van der Waals surface area contributed by atoms with Crippen molar-refractivity contribution in [2.24, 2.45) is 5.92 Å². The van der Waals surface area contributed by atoms with Gasteiger partial charge in [-0.3, -0.25) is 14.9 Å². The standard InChI is InChI=1S/C12H14BrNO4S/c1-8(12(15)18-2)6-19-7-9-4-3-5-10(11(9)13)14(16)17/h3-5,8H,6-7H2,1-2H3. The average Bonchev–Trinajstić information content (AvgIpc) is 2.39. The smallest absolute Gasteiger partial charge is 0.309 e. The molecular formula is C12H14BrNO4S. The molecule has 0 aliphatic rings. The van der Waals surface area contributed by atoms with Gasteiger partial charge >= 0.3 is 5.97 Å². The van der Waals surface area contributed by atoms with Crippen LogP contribution in [0.1, 0.15) is 12.5 Å². The van der Waals surface area contributed by atoms with Crippen LogP contribution < -0.4 is 0 Å². The van der Waals surface area contributed by atoms with Crippen molar-refractivity contribution in [2.45, 2.75) is 12.7 Å². The first kappa shape index (κ1) is 16.0. The lowest BCUT2D eigenvalue weighted by atomic mass is 10.2. The quantitative estimate of drug-likeness (QED) is 0.448. The third-order valence-corrected chi connectivity index (χ3v) is 4.65. The molecule has 1 rings (SSSR count). The molecule has 0 aliphatic carbocycles. The number of thioether (sulfide) groups is 1. The van der Waals surface area contributed by atoms with E-state index >= 15 is 0 Å². The van der Waals surface area contributed by atoms with Crippen molar-refractivity contribution in [1.29, 1.82) is 0 Å². The molecule has 104 valence electrons. The minimum atomic E-state index is -0.421. The second kappa shape index (κ2) is 7.49. The number of hydrogen-bond acceptors (Lipinski definition) is 5. The summed E-state index contributed by atoms with van der Waals surface area (Å²) in [6, 6.07) is 4.94. The highest BCUT2D eigenvalue weighted by Crippen LogP contribution is 2.31. The normalized spacial score (nSPS) is 11.9. The zero-order valence-electron chi connectivity index (χ0n) is 10.6. The minimum Gasteiger partial charge on any atom is -0.469 e. The molecule has 0 amide bonds. The third kappa shape index (κ3) is 4.50. The molecule has 0 spiro atoms. The van der Waals surface area contributed by atoms with Crippen molar-refractivity contribution in [2.75, 3.05) is 12.9 Å². The van der Waals surface area contributed by atoms with E-state index < -0.39 is 4.92 Å². The van der Waals surface area contributed by atoms with Gasteiger partial charge in [-0.25, -0.2) is 0 Å². The van der Waals surface area contributed by atoms with Gasteiger partial charge in [0.05, 0.1) is 22.4 Å². The van der Waals surface area contributed by atoms with Gasteiger partial charge in [0.15, 0.2) is 0 Å². The van der Waals surface area contributed by atoms with E-state index in [0.29, 0.717) is 16.0 Å². The third-order valence-electron chi connectivity index (χ3n) is 2.48. The number of halogens is 1. The Kier molecular flexibility index (Phi) is 6.30. The van der Waals surface area contributed by atoms with Gasteiger partial charge in [-0.2, -0.15) is 11.8 Å². The van der Waals surface area contributed by atoms with E-state index in [9.17, 15) is 14.9 Å². The molecule has 0 radical (unpaired) electrons. The summed E-state index contributed by atoms with van der Waals surface area (Å²) in [7, 11) is 1.36. The summed E-state index contributed by atoms with van der Waals surface area (Å²) in [6.07, 6.45) is 0. The van der Waals surface area contributed by atoms with Crippen LogP contribution in [-0.2, 0) is 15.3 Å². The van der Waals surface area contributed by atoms with Crippen molar-refractivity contribution >= 4 is 39.3 Å². The maximum Gasteiger partial charge on any atom is 0.309 e. The van der Waals surface area contributed by atoms with E-state index in [1.807, 2.05) is 6.07 Å². The van der Waals surface area contributed by atoms with Crippen LogP contribution in [0, 0.1) is 16.0 Å². The van der Waals surface area contributed by atoms with E-state index in [1.165, 1.54) is 24.9 Å². The minimum absolute atomic E-state index is 0.0547. The van der Waals surface area contributed by atoms with E-state index in [2.05, 4.69) is 20.7 Å². The number of rotatable bonds is 6. The van der Waals surface area contributed by atoms with Crippen LogP contribution in [0.25, 0.3) is 0 Å². The topological polar surface area (TPSA) is 69.4 Å². The van der Waals surface area contributed by atoms with Crippen LogP contribution in [-0.4, -0.2) is 23.8 Å². The second-order valence-electron chi connectivity index (χ2n) is 3.95. The molecule has 0 N–H and O–H groups in total. The summed E-state index contributed by atoms with van der Waals surface area (Å²) in [5, 5.41) is 10.8. The SMILES string of the molecule is COC(=O)C(C)CSCc1cccc([N+](=O)[O-])c1Br. The van der Waals surface area contributed by atoms with Gasteiger partial charge in [0.1, 0.15) is 0 Å². The van der Waals surface area contributed by atoms with E-state index in [0.717, 1.165) is 5.56 Å². The Labute approximate surface area is 124 Å². The Morgan fingerprint density at radius 2 is 2.26 bits per heavy atom. The lowest BCUT2D eigenvalue weighted by molar-refractivity contribution is -0.385. The van der Waals surface area contributed by atoms with E-state index in [4.69, 9.17) is 0 Å². The molecule has 0 heterocycles. The first-order valence-corrected chi connectivity index (χ1v) is 7.49. The lowest BCUT2D eigenvalue weighted by Gasteiger charge is -2.09. The monoisotopic (exact) mass is 347 g/mol. The first-order valence-electron chi connectivity index (χ1n) is 5.54. The number of hydrogen-bond donors (Lipinski definition) is 0. The molecule has 19 heavy (non-hydrogen) atoms. The Balaban J connectivity index is 2.62. The number of nitrogens with zero attached hydrogens (tertiary/aromatic N) is 1. The summed E-state index contributed by atoms with van der Waals surface area (Å²) >= 11 is 4.78. The summed E-state index contributed by atoms with van der Waals surface area (Å²) in [6.45, 7) is 1.79. The van der Waals surface area contributed by atoms with Crippen molar-refractivity contribution in [1.82, 2.24) is 0 Å².